The zero-order valence-electron chi connectivity index (χ0n) is 10.8. The van der Waals surface area contributed by atoms with Gasteiger partial charge in [0.25, 0.3) is 0 Å². The molecular formula is C13H18N2O3. The van der Waals surface area contributed by atoms with E-state index in [2.05, 4.69) is 17.1 Å². The van der Waals surface area contributed by atoms with Gasteiger partial charge in [0.05, 0.1) is 7.11 Å². The molecule has 1 aromatic heterocycles. The van der Waals surface area contributed by atoms with Crippen LogP contribution in [0.15, 0.2) is 4.52 Å². The van der Waals surface area contributed by atoms with Gasteiger partial charge in [-0.2, -0.15) is 4.98 Å². The summed E-state index contributed by atoms with van der Waals surface area (Å²) in [5.41, 5.74) is -0.635. The van der Waals surface area contributed by atoms with E-state index in [0.717, 1.165) is 37.4 Å². The van der Waals surface area contributed by atoms with Gasteiger partial charge in [0, 0.05) is 5.92 Å². The van der Waals surface area contributed by atoms with Gasteiger partial charge in [-0.05, 0) is 38.0 Å². The quantitative estimate of drug-likeness (QED) is 0.769. The molecule has 18 heavy (non-hydrogen) atoms. The van der Waals surface area contributed by atoms with Crippen LogP contribution in [0.4, 0.5) is 0 Å². The predicted octanol–water partition coefficient (Wildman–Crippen LogP) is 2.18. The molecule has 0 aromatic carbocycles. The van der Waals surface area contributed by atoms with Crippen LogP contribution < -0.4 is 0 Å². The molecule has 2 atom stereocenters. The first-order valence-electron chi connectivity index (χ1n) is 6.58. The molecule has 3 rings (SSSR count). The van der Waals surface area contributed by atoms with E-state index in [4.69, 9.17) is 9.26 Å². The van der Waals surface area contributed by atoms with Crippen LogP contribution in [-0.2, 0) is 14.9 Å². The van der Waals surface area contributed by atoms with E-state index < -0.39 is 5.41 Å². The number of nitrogens with zero attached hydrogens (tertiary/aromatic N) is 2. The van der Waals surface area contributed by atoms with Gasteiger partial charge in [0.15, 0.2) is 5.82 Å². The van der Waals surface area contributed by atoms with E-state index in [-0.39, 0.29) is 5.97 Å². The molecule has 5 nitrogen and oxygen atoms in total. The first-order valence-corrected chi connectivity index (χ1v) is 6.58. The highest BCUT2D eigenvalue weighted by Gasteiger charge is 2.57. The molecule has 2 unspecified atom stereocenters. The molecule has 1 heterocycles. The Balaban J connectivity index is 1.80. The average Bonchev–Trinajstić information content (AvgIpc) is 2.84. The highest BCUT2D eigenvalue weighted by Crippen LogP contribution is 2.49. The van der Waals surface area contributed by atoms with Gasteiger partial charge in [-0.25, -0.2) is 0 Å². The van der Waals surface area contributed by atoms with Crippen molar-refractivity contribution < 1.29 is 14.1 Å². The number of rotatable bonds is 3. The number of ether oxygens (including phenoxy) is 1. The first-order chi connectivity index (χ1) is 8.65. The van der Waals surface area contributed by atoms with Gasteiger partial charge in [-0.1, -0.05) is 12.1 Å². The summed E-state index contributed by atoms with van der Waals surface area (Å²) in [6.07, 6.45) is 4.96. The third-order valence-corrected chi connectivity index (χ3v) is 4.24. The fourth-order valence-electron chi connectivity index (χ4n) is 2.86. The van der Waals surface area contributed by atoms with Crippen molar-refractivity contribution in [2.75, 3.05) is 7.11 Å². The van der Waals surface area contributed by atoms with Crippen molar-refractivity contribution in [2.24, 2.45) is 5.92 Å². The van der Waals surface area contributed by atoms with Crippen molar-refractivity contribution in [1.82, 2.24) is 10.1 Å². The lowest BCUT2D eigenvalue weighted by Gasteiger charge is -2.06. The lowest BCUT2D eigenvalue weighted by molar-refractivity contribution is -0.144. The number of hydrogen-bond donors (Lipinski definition) is 0. The number of aromatic nitrogens is 2. The van der Waals surface area contributed by atoms with Crippen LogP contribution in [0.3, 0.4) is 0 Å². The summed E-state index contributed by atoms with van der Waals surface area (Å²) in [4.78, 5) is 16.2. The summed E-state index contributed by atoms with van der Waals surface area (Å²) in [5, 5.41) is 4.06. The largest absolute Gasteiger partial charge is 0.468 e. The smallest absolute Gasteiger partial charge is 0.321 e. The Morgan fingerprint density at radius 3 is 2.78 bits per heavy atom. The second kappa shape index (κ2) is 4.07. The fourth-order valence-corrected chi connectivity index (χ4v) is 2.86. The van der Waals surface area contributed by atoms with E-state index in [9.17, 15) is 4.79 Å². The molecule has 0 amide bonds. The zero-order chi connectivity index (χ0) is 12.8. The number of hydrogen-bond acceptors (Lipinski definition) is 5. The van der Waals surface area contributed by atoms with Gasteiger partial charge < -0.3 is 9.26 Å². The average molecular weight is 250 g/mol. The van der Waals surface area contributed by atoms with Gasteiger partial charge in [-0.3, -0.25) is 4.79 Å². The summed E-state index contributed by atoms with van der Waals surface area (Å²) in [7, 11) is 1.40. The minimum atomic E-state index is -0.635. The molecule has 2 saturated carbocycles. The number of carbonyl (C=O) groups excluding carboxylic acids is 1. The molecule has 2 aliphatic carbocycles. The summed E-state index contributed by atoms with van der Waals surface area (Å²) in [6, 6.07) is 0. The van der Waals surface area contributed by atoms with Crippen molar-refractivity contribution in [3.63, 3.8) is 0 Å². The molecule has 5 heteroatoms. The third-order valence-electron chi connectivity index (χ3n) is 4.24. The molecule has 2 aliphatic rings. The molecule has 0 aliphatic heterocycles. The molecule has 0 N–H and O–H groups in total. The van der Waals surface area contributed by atoms with Gasteiger partial charge in [0.1, 0.15) is 5.41 Å². The minimum Gasteiger partial charge on any atom is -0.468 e. The summed E-state index contributed by atoms with van der Waals surface area (Å²) >= 11 is 0. The van der Waals surface area contributed by atoms with Crippen LogP contribution in [-0.4, -0.2) is 23.2 Å². The molecule has 1 aromatic rings. The van der Waals surface area contributed by atoms with Gasteiger partial charge >= 0.3 is 5.97 Å². The number of carbonyl (C=O) groups is 1. The Hall–Kier alpha value is -1.39. The minimum absolute atomic E-state index is 0.252. The Morgan fingerprint density at radius 2 is 2.22 bits per heavy atom. The SMILES string of the molecule is COC(=O)C1(c2nc(C3CCC(C)C3)no2)CC1. The lowest BCUT2D eigenvalue weighted by Crippen LogP contribution is -2.22. The Bertz CT molecular complexity index is 465. The number of methoxy groups -OCH3 is 1. The predicted molar refractivity (Wildman–Crippen MR) is 63.0 cm³/mol. The van der Waals surface area contributed by atoms with Crippen LogP contribution in [0.2, 0.25) is 0 Å². The zero-order valence-corrected chi connectivity index (χ0v) is 10.8. The van der Waals surface area contributed by atoms with Crippen molar-refractivity contribution in [2.45, 2.75) is 50.4 Å². The molecule has 0 saturated heterocycles. The van der Waals surface area contributed by atoms with E-state index in [0.29, 0.717) is 11.8 Å². The van der Waals surface area contributed by atoms with Gasteiger partial charge in [-0.15, -0.1) is 0 Å². The third kappa shape index (κ3) is 1.72. The second-order valence-electron chi connectivity index (χ2n) is 5.65. The highest BCUT2D eigenvalue weighted by molar-refractivity contribution is 5.85. The molecule has 0 bridgehead atoms. The van der Waals surface area contributed by atoms with E-state index in [1.807, 2.05) is 0 Å². The van der Waals surface area contributed by atoms with E-state index in [1.165, 1.54) is 13.5 Å². The normalized spacial score (nSPS) is 29.2. The maximum absolute atomic E-state index is 11.7. The highest BCUT2D eigenvalue weighted by atomic mass is 16.5. The van der Waals surface area contributed by atoms with Crippen LogP contribution in [0.1, 0.15) is 56.7 Å². The summed E-state index contributed by atoms with van der Waals surface area (Å²) in [5.74, 6) is 2.09. The first kappa shape index (κ1) is 11.7. The summed E-state index contributed by atoms with van der Waals surface area (Å²) < 4.78 is 10.1. The molecule has 0 radical (unpaired) electrons. The molecule has 0 spiro atoms. The summed E-state index contributed by atoms with van der Waals surface area (Å²) in [6.45, 7) is 2.25. The van der Waals surface area contributed by atoms with Crippen molar-refractivity contribution in [3.05, 3.63) is 11.7 Å². The number of esters is 1. The van der Waals surface area contributed by atoms with Crippen molar-refractivity contribution >= 4 is 5.97 Å². The van der Waals surface area contributed by atoms with E-state index >= 15 is 0 Å². The Kier molecular flexibility index (Phi) is 2.64. The van der Waals surface area contributed by atoms with Crippen LogP contribution in [0, 0.1) is 5.92 Å². The fraction of sp³-hybridized carbons (Fsp3) is 0.769. The van der Waals surface area contributed by atoms with Crippen LogP contribution in [0.5, 0.6) is 0 Å². The lowest BCUT2D eigenvalue weighted by atomic mass is 10.1. The van der Waals surface area contributed by atoms with Crippen molar-refractivity contribution in [3.8, 4) is 0 Å². The maximum atomic E-state index is 11.7. The van der Waals surface area contributed by atoms with Gasteiger partial charge in [0.2, 0.25) is 5.89 Å². The van der Waals surface area contributed by atoms with Crippen molar-refractivity contribution in [1.29, 1.82) is 0 Å². The van der Waals surface area contributed by atoms with Crippen LogP contribution in [0.25, 0.3) is 0 Å². The molecular weight excluding hydrogens is 232 g/mol. The molecule has 98 valence electrons. The second-order valence-corrected chi connectivity index (χ2v) is 5.65. The topological polar surface area (TPSA) is 65.2 Å². The Morgan fingerprint density at radius 1 is 1.44 bits per heavy atom. The standard InChI is InChI=1S/C13H18N2O3/c1-8-3-4-9(7-8)10-14-11(18-15-10)13(5-6-13)12(16)17-2/h8-9H,3-7H2,1-2H3. The van der Waals surface area contributed by atoms with Crippen LogP contribution >= 0.6 is 0 Å². The molecule has 2 fully saturated rings. The van der Waals surface area contributed by atoms with E-state index in [1.54, 1.807) is 0 Å². The monoisotopic (exact) mass is 250 g/mol. The Labute approximate surface area is 106 Å². The maximum Gasteiger partial charge on any atom is 0.321 e.